The van der Waals surface area contributed by atoms with Crippen LogP contribution < -0.4 is 21.4 Å². The minimum absolute atomic E-state index is 0.106. The maximum absolute atomic E-state index is 13.0. The number of hydrogen-bond donors (Lipinski definition) is 5. The van der Waals surface area contributed by atoms with Crippen LogP contribution in [0.25, 0.3) is 0 Å². The van der Waals surface area contributed by atoms with Crippen LogP contribution in [-0.4, -0.2) is 41.9 Å². The predicted molar refractivity (Wildman–Crippen MR) is 201 cm³/mol. The SMILES string of the molecule is CCCCCCCCCCCCCCCCCCCC(=O)N[C@@H](CCCNC(=N)N[N+](=O)[O-])C(=O)NCCCCCCCCCCCC. The van der Waals surface area contributed by atoms with Gasteiger partial charge in [-0.2, -0.15) is 0 Å². The van der Waals surface area contributed by atoms with Crippen LogP contribution in [0.5, 0.6) is 0 Å². The number of amides is 2. The molecule has 10 heteroatoms. The number of unbranched alkanes of at least 4 members (excludes halogenated alkanes) is 25. The third-order valence-corrected chi connectivity index (χ3v) is 9.16. The van der Waals surface area contributed by atoms with Crippen LogP contribution in [0.4, 0.5) is 0 Å². The molecule has 1 atom stereocenters. The third-order valence-electron chi connectivity index (χ3n) is 9.16. The van der Waals surface area contributed by atoms with E-state index >= 15 is 0 Å². The van der Waals surface area contributed by atoms with Crippen molar-refractivity contribution in [2.24, 2.45) is 0 Å². The van der Waals surface area contributed by atoms with E-state index in [1.54, 1.807) is 5.43 Å². The summed E-state index contributed by atoms with van der Waals surface area (Å²) in [5.74, 6) is -0.684. The van der Waals surface area contributed by atoms with Gasteiger partial charge in [0.2, 0.25) is 11.8 Å². The highest BCUT2D eigenvalue weighted by atomic mass is 16.7. The summed E-state index contributed by atoms with van der Waals surface area (Å²) in [4.78, 5) is 36.2. The lowest BCUT2D eigenvalue weighted by Gasteiger charge is -2.19. The van der Waals surface area contributed by atoms with Crippen molar-refractivity contribution in [3.63, 3.8) is 0 Å². The maximum Gasteiger partial charge on any atom is 0.251 e. The number of nitrogens with zero attached hydrogens (tertiary/aromatic N) is 1. The molecule has 48 heavy (non-hydrogen) atoms. The first-order valence-electron chi connectivity index (χ1n) is 20.2. The Bertz CT molecular complexity index is 782. The zero-order valence-electron chi connectivity index (χ0n) is 31.3. The van der Waals surface area contributed by atoms with E-state index in [2.05, 4.69) is 29.8 Å². The molecule has 282 valence electrons. The van der Waals surface area contributed by atoms with E-state index in [-0.39, 0.29) is 18.4 Å². The molecule has 0 rings (SSSR count). The molecule has 0 bridgehead atoms. The summed E-state index contributed by atoms with van der Waals surface area (Å²) in [6.45, 7) is 5.39. The summed E-state index contributed by atoms with van der Waals surface area (Å²) in [7, 11) is 0. The molecule has 0 aromatic heterocycles. The fourth-order valence-corrected chi connectivity index (χ4v) is 6.14. The first kappa shape index (κ1) is 45.6. The Morgan fingerprint density at radius 2 is 0.938 bits per heavy atom. The van der Waals surface area contributed by atoms with Crippen LogP contribution in [0.1, 0.15) is 206 Å². The average molecular weight is 681 g/mol. The van der Waals surface area contributed by atoms with Gasteiger partial charge in [-0.15, -0.1) is 0 Å². The molecule has 0 fully saturated rings. The molecule has 10 nitrogen and oxygen atoms in total. The van der Waals surface area contributed by atoms with Crippen LogP contribution in [0, 0.1) is 15.5 Å². The van der Waals surface area contributed by atoms with Crippen molar-refractivity contribution in [2.45, 2.75) is 213 Å². The number of rotatable bonds is 36. The number of nitro groups is 1. The number of guanidine groups is 1. The van der Waals surface area contributed by atoms with Gasteiger partial charge in [0.15, 0.2) is 5.03 Å². The molecule has 0 saturated carbocycles. The van der Waals surface area contributed by atoms with Crippen molar-refractivity contribution in [3.8, 4) is 0 Å². The van der Waals surface area contributed by atoms with Crippen molar-refractivity contribution < 1.29 is 14.6 Å². The zero-order chi connectivity index (χ0) is 35.3. The second kappa shape index (κ2) is 35.9. The first-order valence-corrected chi connectivity index (χ1v) is 20.2. The summed E-state index contributed by atoms with van der Waals surface area (Å²) in [6.07, 6.45) is 35.6. The molecule has 0 radical (unpaired) electrons. The number of nitrogens with one attached hydrogen (secondary N) is 5. The van der Waals surface area contributed by atoms with Gasteiger partial charge in [-0.3, -0.25) is 15.0 Å². The Labute approximate surface area is 294 Å². The summed E-state index contributed by atoms with van der Waals surface area (Å²) < 4.78 is 0. The second-order valence-electron chi connectivity index (χ2n) is 13.8. The van der Waals surface area contributed by atoms with Crippen LogP contribution in [0.15, 0.2) is 0 Å². The molecule has 0 spiro atoms. The minimum atomic E-state index is -0.793. The van der Waals surface area contributed by atoms with E-state index in [0.717, 1.165) is 32.1 Å². The number of hydrazine groups is 1. The minimum Gasteiger partial charge on any atom is -0.354 e. The van der Waals surface area contributed by atoms with E-state index in [1.807, 2.05) is 0 Å². The molecule has 0 aliphatic carbocycles. The Balaban J connectivity index is 4.12. The Kier molecular flexibility index (Phi) is 34.1. The Hall–Kier alpha value is -2.39. The third kappa shape index (κ3) is 33.5. The monoisotopic (exact) mass is 681 g/mol. The van der Waals surface area contributed by atoms with Crippen LogP contribution >= 0.6 is 0 Å². The molecule has 0 heterocycles. The molecule has 5 N–H and O–H groups in total. The van der Waals surface area contributed by atoms with E-state index in [0.29, 0.717) is 25.8 Å². The van der Waals surface area contributed by atoms with Gasteiger partial charge in [0.25, 0.3) is 5.96 Å². The molecule has 0 aliphatic heterocycles. The molecular formula is C38H76N6O4. The van der Waals surface area contributed by atoms with E-state index in [9.17, 15) is 19.7 Å². The highest BCUT2D eigenvalue weighted by molar-refractivity contribution is 5.87. The lowest BCUT2D eigenvalue weighted by atomic mass is 10.0. The first-order chi connectivity index (χ1) is 23.4. The van der Waals surface area contributed by atoms with Gasteiger partial charge >= 0.3 is 0 Å². The highest BCUT2D eigenvalue weighted by Crippen LogP contribution is 2.15. The fourth-order valence-electron chi connectivity index (χ4n) is 6.14. The predicted octanol–water partition coefficient (Wildman–Crippen LogP) is 9.64. The van der Waals surface area contributed by atoms with Crippen molar-refractivity contribution in [1.29, 1.82) is 5.41 Å². The van der Waals surface area contributed by atoms with Gasteiger partial charge in [0, 0.05) is 19.5 Å². The normalized spacial score (nSPS) is 11.6. The number of carbonyl (C=O) groups is 2. The standard InChI is InChI=1S/C38H76N6O4/c1-3-5-7-9-11-13-15-16-17-18-19-20-21-22-24-26-28-32-36(45)42-35(31-30-34-41-38(39)43-44(47)48)37(46)40-33-29-27-25-23-14-12-10-8-6-4-2/h35H,3-34H2,1-2H3,(H,40,46)(H,42,45)(H3,39,41,43)/t35-/m0/s1. The molecule has 0 aromatic carbocycles. The summed E-state index contributed by atoms with van der Waals surface area (Å²) in [5, 5.41) is 25.8. The van der Waals surface area contributed by atoms with Crippen LogP contribution in [0.3, 0.4) is 0 Å². The topological polar surface area (TPSA) is 149 Å². The number of carbonyl (C=O) groups excluding carboxylic acids is 2. The van der Waals surface area contributed by atoms with Crippen LogP contribution in [0.2, 0.25) is 0 Å². The lowest BCUT2D eigenvalue weighted by molar-refractivity contribution is -0.525. The fraction of sp³-hybridized carbons (Fsp3) is 0.921. The lowest BCUT2D eigenvalue weighted by Crippen LogP contribution is -2.47. The molecule has 0 saturated heterocycles. The second-order valence-corrected chi connectivity index (χ2v) is 13.8. The van der Waals surface area contributed by atoms with Crippen LogP contribution in [-0.2, 0) is 9.59 Å². The van der Waals surface area contributed by atoms with Gasteiger partial charge in [0.05, 0.1) is 0 Å². The van der Waals surface area contributed by atoms with E-state index < -0.39 is 17.0 Å². The van der Waals surface area contributed by atoms with Gasteiger partial charge in [0.1, 0.15) is 6.04 Å². The molecule has 0 aliphatic rings. The molecule has 0 aromatic rings. The van der Waals surface area contributed by atoms with Crippen molar-refractivity contribution in [1.82, 2.24) is 21.4 Å². The van der Waals surface area contributed by atoms with E-state index in [4.69, 9.17) is 5.41 Å². The average Bonchev–Trinajstić information content (AvgIpc) is 3.06. The zero-order valence-corrected chi connectivity index (χ0v) is 31.3. The van der Waals surface area contributed by atoms with E-state index in [1.165, 1.54) is 141 Å². The van der Waals surface area contributed by atoms with Crippen molar-refractivity contribution in [3.05, 3.63) is 10.1 Å². The summed E-state index contributed by atoms with van der Waals surface area (Å²) in [6, 6.07) is -0.647. The van der Waals surface area contributed by atoms with Gasteiger partial charge in [-0.25, -0.2) is 10.1 Å². The molecular weight excluding hydrogens is 604 g/mol. The summed E-state index contributed by atoms with van der Waals surface area (Å²) in [5.41, 5.74) is 1.76. The quantitative estimate of drug-likeness (QED) is 0.0146. The number of hydrogen-bond acceptors (Lipinski definition) is 5. The smallest absolute Gasteiger partial charge is 0.251 e. The van der Waals surface area contributed by atoms with Gasteiger partial charge in [-0.1, -0.05) is 180 Å². The van der Waals surface area contributed by atoms with Gasteiger partial charge in [-0.05, 0) is 25.7 Å². The van der Waals surface area contributed by atoms with Crippen molar-refractivity contribution in [2.75, 3.05) is 13.1 Å². The molecule has 2 amide bonds. The Morgan fingerprint density at radius 1 is 0.562 bits per heavy atom. The van der Waals surface area contributed by atoms with Gasteiger partial charge < -0.3 is 16.0 Å². The maximum atomic E-state index is 13.0. The van der Waals surface area contributed by atoms with Crippen molar-refractivity contribution >= 4 is 17.8 Å². The molecule has 0 unspecified atom stereocenters. The largest absolute Gasteiger partial charge is 0.354 e. The summed E-state index contributed by atoms with van der Waals surface area (Å²) >= 11 is 0. The Morgan fingerprint density at radius 3 is 1.35 bits per heavy atom. The highest BCUT2D eigenvalue weighted by Gasteiger charge is 2.20.